The van der Waals surface area contributed by atoms with E-state index < -0.39 is 11.6 Å². The minimum absolute atomic E-state index is 0.0646. The third kappa shape index (κ3) is 3.86. The number of nitrogens with one attached hydrogen (secondary N) is 1. The van der Waals surface area contributed by atoms with E-state index in [1.165, 1.54) is 0 Å². The summed E-state index contributed by atoms with van der Waals surface area (Å²) in [5.74, 6) is -0.0646. The van der Waals surface area contributed by atoms with Crippen molar-refractivity contribution in [2.75, 3.05) is 0 Å². The molecule has 94 valence electrons. The Labute approximate surface area is 103 Å². The van der Waals surface area contributed by atoms with Gasteiger partial charge in [0.2, 0.25) is 5.91 Å². The molecule has 3 nitrogen and oxygen atoms in total. The van der Waals surface area contributed by atoms with Gasteiger partial charge in [-0.1, -0.05) is 24.3 Å². The summed E-state index contributed by atoms with van der Waals surface area (Å²) in [6.45, 7) is 7.29. The highest BCUT2D eigenvalue weighted by molar-refractivity contribution is 5.79. The van der Waals surface area contributed by atoms with Crippen LogP contribution in [0.25, 0.3) is 0 Å². The molecule has 1 rings (SSSR count). The molecule has 1 aromatic rings. The number of hydrogen-bond acceptors (Lipinski definition) is 2. The molecule has 0 aliphatic heterocycles. The van der Waals surface area contributed by atoms with Crippen LogP contribution in [0, 0.1) is 6.92 Å². The van der Waals surface area contributed by atoms with Crippen molar-refractivity contribution in [1.29, 1.82) is 0 Å². The summed E-state index contributed by atoms with van der Waals surface area (Å²) in [7, 11) is 0. The number of aryl methyl sites for hydroxylation is 1. The summed E-state index contributed by atoms with van der Waals surface area (Å²) in [6, 6.07) is 7.82. The second-order valence-corrected chi connectivity index (χ2v) is 5.05. The fraction of sp³-hybridized carbons (Fsp3) is 0.500. The van der Waals surface area contributed by atoms with E-state index >= 15 is 0 Å². The maximum Gasteiger partial charge on any atom is 0.224 e. The van der Waals surface area contributed by atoms with Gasteiger partial charge in [0, 0.05) is 0 Å². The summed E-state index contributed by atoms with van der Waals surface area (Å²) in [6.07, 6.45) is -0.230. The Bertz CT molecular complexity index is 397. The minimum Gasteiger partial charge on any atom is -0.391 e. The fourth-order valence-electron chi connectivity index (χ4n) is 1.49. The van der Waals surface area contributed by atoms with Crippen LogP contribution in [0.5, 0.6) is 0 Å². The molecule has 0 bridgehead atoms. The lowest BCUT2D eigenvalue weighted by Crippen LogP contribution is -2.51. The first-order valence-electron chi connectivity index (χ1n) is 5.86. The Morgan fingerprint density at radius 3 is 2.53 bits per heavy atom. The Kier molecular flexibility index (Phi) is 4.29. The van der Waals surface area contributed by atoms with Crippen LogP contribution in [0.1, 0.15) is 31.9 Å². The molecule has 2 N–H and O–H groups in total. The van der Waals surface area contributed by atoms with Crippen LogP contribution in [0.4, 0.5) is 0 Å². The number of rotatable bonds is 4. The van der Waals surface area contributed by atoms with Gasteiger partial charge in [-0.2, -0.15) is 0 Å². The molecule has 1 unspecified atom stereocenters. The van der Waals surface area contributed by atoms with E-state index in [0.717, 1.165) is 11.1 Å². The number of hydrogen-bond donors (Lipinski definition) is 2. The highest BCUT2D eigenvalue weighted by atomic mass is 16.3. The average Bonchev–Trinajstić information content (AvgIpc) is 2.20. The Balaban J connectivity index is 2.66. The van der Waals surface area contributed by atoms with Crippen molar-refractivity contribution >= 4 is 5.91 Å². The molecule has 0 heterocycles. The van der Waals surface area contributed by atoms with Gasteiger partial charge in [-0.15, -0.1) is 0 Å². The number of aliphatic hydroxyl groups is 1. The summed E-state index contributed by atoms with van der Waals surface area (Å²) in [5.41, 5.74) is 1.53. The van der Waals surface area contributed by atoms with Crippen molar-refractivity contribution in [2.24, 2.45) is 0 Å². The SMILES string of the molecule is Cc1ccccc1CC(=O)NC(C)(C)C(C)O. The van der Waals surface area contributed by atoms with E-state index in [0.29, 0.717) is 6.42 Å². The lowest BCUT2D eigenvalue weighted by molar-refractivity contribution is -0.123. The Hall–Kier alpha value is -1.35. The molecule has 0 aliphatic rings. The minimum atomic E-state index is -0.597. The largest absolute Gasteiger partial charge is 0.391 e. The molecule has 0 fully saturated rings. The van der Waals surface area contributed by atoms with Crippen molar-refractivity contribution in [1.82, 2.24) is 5.32 Å². The van der Waals surface area contributed by atoms with Gasteiger partial charge >= 0.3 is 0 Å². The third-order valence-corrected chi connectivity index (χ3v) is 3.12. The molecule has 0 saturated carbocycles. The third-order valence-electron chi connectivity index (χ3n) is 3.12. The van der Waals surface area contributed by atoms with E-state index in [4.69, 9.17) is 0 Å². The highest BCUT2D eigenvalue weighted by Gasteiger charge is 2.25. The number of carbonyl (C=O) groups excluding carboxylic acids is 1. The van der Waals surface area contributed by atoms with E-state index in [1.54, 1.807) is 6.92 Å². The van der Waals surface area contributed by atoms with E-state index in [1.807, 2.05) is 45.0 Å². The molecule has 0 radical (unpaired) electrons. The first-order valence-corrected chi connectivity index (χ1v) is 5.86. The Morgan fingerprint density at radius 1 is 1.41 bits per heavy atom. The summed E-state index contributed by atoms with van der Waals surface area (Å²) in [5, 5.41) is 12.4. The zero-order valence-corrected chi connectivity index (χ0v) is 10.9. The smallest absolute Gasteiger partial charge is 0.224 e. The van der Waals surface area contributed by atoms with Crippen LogP contribution >= 0.6 is 0 Å². The summed E-state index contributed by atoms with van der Waals surface area (Å²) >= 11 is 0. The monoisotopic (exact) mass is 235 g/mol. The molecule has 17 heavy (non-hydrogen) atoms. The van der Waals surface area contributed by atoms with Crippen molar-refractivity contribution in [3.8, 4) is 0 Å². The normalized spacial score (nSPS) is 13.2. The van der Waals surface area contributed by atoms with Gasteiger partial charge in [0.15, 0.2) is 0 Å². The molecule has 0 saturated heterocycles. The van der Waals surface area contributed by atoms with Gasteiger partial charge in [0.05, 0.1) is 18.1 Å². The molecule has 1 amide bonds. The predicted molar refractivity (Wildman–Crippen MR) is 68.8 cm³/mol. The molecular formula is C14H21NO2. The molecule has 0 aliphatic carbocycles. The van der Waals surface area contributed by atoms with Crippen LogP contribution in [0.15, 0.2) is 24.3 Å². The van der Waals surface area contributed by atoms with Gasteiger partial charge in [0.1, 0.15) is 0 Å². The Morgan fingerprint density at radius 2 is 2.00 bits per heavy atom. The lowest BCUT2D eigenvalue weighted by atomic mass is 9.97. The van der Waals surface area contributed by atoms with E-state index in [9.17, 15) is 9.90 Å². The number of amides is 1. The van der Waals surface area contributed by atoms with Crippen LogP contribution in [0.3, 0.4) is 0 Å². The standard InChI is InChI=1S/C14H21NO2/c1-10-7-5-6-8-12(10)9-13(17)15-14(3,4)11(2)16/h5-8,11,16H,9H2,1-4H3,(H,15,17). The van der Waals surface area contributed by atoms with Gasteiger partial charge in [-0.25, -0.2) is 0 Å². The highest BCUT2D eigenvalue weighted by Crippen LogP contribution is 2.11. The van der Waals surface area contributed by atoms with Crippen molar-refractivity contribution in [2.45, 2.75) is 45.8 Å². The van der Waals surface area contributed by atoms with Crippen LogP contribution in [-0.2, 0) is 11.2 Å². The lowest BCUT2D eigenvalue weighted by Gasteiger charge is -2.29. The quantitative estimate of drug-likeness (QED) is 0.836. The number of benzene rings is 1. The van der Waals surface area contributed by atoms with Gasteiger partial charge in [0.25, 0.3) is 0 Å². The average molecular weight is 235 g/mol. The summed E-state index contributed by atoms with van der Waals surface area (Å²) in [4.78, 5) is 11.9. The number of carbonyl (C=O) groups is 1. The molecule has 0 aromatic heterocycles. The van der Waals surface area contributed by atoms with Crippen molar-refractivity contribution in [3.63, 3.8) is 0 Å². The van der Waals surface area contributed by atoms with E-state index in [2.05, 4.69) is 5.32 Å². The molecule has 1 aromatic carbocycles. The first kappa shape index (κ1) is 13.7. The zero-order valence-electron chi connectivity index (χ0n) is 10.9. The second kappa shape index (κ2) is 5.32. The van der Waals surface area contributed by atoms with Crippen LogP contribution < -0.4 is 5.32 Å². The molecule has 3 heteroatoms. The van der Waals surface area contributed by atoms with Crippen molar-refractivity contribution in [3.05, 3.63) is 35.4 Å². The first-order chi connectivity index (χ1) is 7.83. The molecular weight excluding hydrogens is 214 g/mol. The van der Waals surface area contributed by atoms with Crippen molar-refractivity contribution < 1.29 is 9.90 Å². The van der Waals surface area contributed by atoms with Gasteiger partial charge in [-0.05, 0) is 38.8 Å². The second-order valence-electron chi connectivity index (χ2n) is 5.05. The molecule has 0 spiro atoms. The topological polar surface area (TPSA) is 49.3 Å². The predicted octanol–water partition coefficient (Wildman–Crippen LogP) is 1.81. The van der Waals surface area contributed by atoms with Crippen LogP contribution in [0.2, 0.25) is 0 Å². The van der Waals surface area contributed by atoms with Crippen LogP contribution in [-0.4, -0.2) is 22.7 Å². The maximum atomic E-state index is 11.9. The summed E-state index contributed by atoms with van der Waals surface area (Å²) < 4.78 is 0. The number of aliphatic hydroxyl groups excluding tert-OH is 1. The molecule has 1 atom stereocenters. The van der Waals surface area contributed by atoms with Gasteiger partial charge < -0.3 is 10.4 Å². The fourth-order valence-corrected chi connectivity index (χ4v) is 1.49. The maximum absolute atomic E-state index is 11.9. The zero-order chi connectivity index (χ0) is 13.1. The van der Waals surface area contributed by atoms with Gasteiger partial charge in [-0.3, -0.25) is 4.79 Å². The van der Waals surface area contributed by atoms with E-state index in [-0.39, 0.29) is 5.91 Å².